The topological polar surface area (TPSA) is 111 Å². The Hall–Kier alpha value is -2.30. The fraction of sp³-hybridized carbons (Fsp3) is 0.0833. The average Bonchev–Trinajstić information content (AvgIpc) is 3.14. The lowest BCUT2D eigenvalue weighted by Gasteiger charge is -2.08. The minimum Gasteiger partial charge on any atom is -0.454 e. The molecule has 10 heteroatoms. The summed E-state index contributed by atoms with van der Waals surface area (Å²) in [7, 11) is -4.02. The van der Waals surface area contributed by atoms with Crippen molar-refractivity contribution in [3.8, 4) is 11.5 Å². The van der Waals surface area contributed by atoms with Crippen LogP contribution in [0.1, 0.15) is 9.67 Å². The molecule has 1 aromatic heterocycles. The molecule has 22 heavy (non-hydrogen) atoms. The van der Waals surface area contributed by atoms with Crippen LogP contribution in [0.2, 0.25) is 0 Å². The van der Waals surface area contributed by atoms with Crippen LogP contribution in [0.5, 0.6) is 11.5 Å². The summed E-state index contributed by atoms with van der Waals surface area (Å²) in [6.45, 7) is 0.0720. The Bertz CT molecular complexity index is 828. The summed E-state index contributed by atoms with van der Waals surface area (Å²) in [6.07, 6.45) is 0. The fourth-order valence-electron chi connectivity index (χ4n) is 1.87. The molecule has 1 aliphatic heterocycles. The van der Waals surface area contributed by atoms with E-state index in [1.807, 2.05) is 0 Å². The van der Waals surface area contributed by atoms with E-state index in [9.17, 15) is 13.2 Å². The van der Waals surface area contributed by atoms with Crippen LogP contribution in [0.3, 0.4) is 0 Å². The lowest BCUT2D eigenvalue weighted by atomic mass is 10.3. The van der Waals surface area contributed by atoms with Gasteiger partial charge in [-0.3, -0.25) is 9.61 Å². The molecule has 116 valence electrons. The van der Waals surface area contributed by atoms with Crippen LogP contribution in [-0.4, -0.2) is 26.4 Å². The van der Waals surface area contributed by atoms with Gasteiger partial charge in [0.25, 0.3) is 10.0 Å². The first-order chi connectivity index (χ1) is 10.5. The molecule has 0 saturated carbocycles. The zero-order valence-electron chi connectivity index (χ0n) is 10.8. The molecule has 1 aliphatic rings. The number of fused-ring (bicyclic) bond motifs is 1. The highest BCUT2D eigenvalue weighted by Gasteiger charge is 2.26. The largest absolute Gasteiger partial charge is 0.454 e. The van der Waals surface area contributed by atoms with Gasteiger partial charge in [0.2, 0.25) is 6.79 Å². The first-order valence-electron chi connectivity index (χ1n) is 5.87. The Morgan fingerprint density at radius 2 is 2.05 bits per heavy atom. The fourth-order valence-corrected chi connectivity index (χ4v) is 4.21. The number of carbonyl (C=O) groups is 1. The molecule has 0 fully saturated rings. The Morgan fingerprint density at radius 1 is 1.27 bits per heavy atom. The van der Waals surface area contributed by atoms with Crippen molar-refractivity contribution in [3.63, 3.8) is 0 Å². The second kappa shape index (κ2) is 5.48. The first kappa shape index (κ1) is 14.6. The van der Waals surface area contributed by atoms with Crippen LogP contribution >= 0.6 is 11.3 Å². The van der Waals surface area contributed by atoms with Gasteiger partial charge in [-0.2, -0.15) is 5.26 Å². The summed E-state index contributed by atoms with van der Waals surface area (Å²) in [5.41, 5.74) is 0.249. The van der Waals surface area contributed by atoms with Crippen LogP contribution in [0, 0.1) is 0 Å². The minimum absolute atomic E-state index is 0.0720. The van der Waals surface area contributed by atoms with Crippen molar-refractivity contribution in [3.05, 3.63) is 34.5 Å². The zero-order valence-corrected chi connectivity index (χ0v) is 12.4. The highest BCUT2D eigenvalue weighted by molar-refractivity contribution is 7.93. The Morgan fingerprint density at radius 3 is 2.82 bits per heavy atom. The van der Waals surface area contributed by atoms with Crippen LogP contribution in [0.15, 0.2) is 34.5 Å². The van der Waals surface area contributed by atoms with Gasteiger partial charge in [-0.1, -0.05) is 0 Å². The van der Waals surface area contributed by atoms with Gasteiger partial charge < -0.3 is 9.47 Å². The molecule has 0 spiro atoms. The van der Waals surface area contributed by atoms with Gasteiger partial charge in [-0.05, 0) is 23.6 Å². The number of anilines is 1. The quantitative estimate of drug-likeness (QED) is 0.644. The Balaban J connectivity index is 1.91. The summed E-state index contributed by atoms with van der Waals surface area (Å²) in [5, 5.41) is 9.81. The van der Waals surface area contributed by atoms with Gasteiger partial charge in [0.1, 0.15) is 9.77 Å². The van der Waals surface area contributed by atoms with Crippen molar-refractivity contribution in [2.24, 2.45) is 0 Å². The molecule has 0 amide bonds. The maximum atomic E-state index is 12.3. The van der Waals surface area contributed by atoms with Gasteiger partial charge >= 0.3 is 5.97 Å². The van der Waals surface area contributed by atoms with Crippen LogP contribution in [0.4, 0.5) is 5.69 Å². The number of thiophene rings is 1. The third-order valence-corrected chi connectivity index (χ3v) is 5.26. The van der Waals surface area contributed by atoms with Crippen molar-refractivity contribution in [2.75, 3.05) is 11.5 Å². The number of ether oxygens (including phenoxy) is 2. The standard InChI is InChI=1S/C12H9NO7S2/c14-12(20-15)11-10(3-4-21-11)22(16,17)13-7-1-2-8-9(5-7)19-6-18-8/h1-5,13,15H,6H2. The predicted octanol–water partition coefficient (Wildman–Crippen LogP) is 1.91. The third-order valence-electron chi connectivity index (χ3n) is 2.81. The summed E-state index contributed by atoms with van der Waals surface area (Å²) >= 11 is 0.841. The SMILES string of the molecule is O=C(OO)c1sccc1S(=O)(=O)Nc1ccc2c(c1)OCO2. The average molecular weight is 343 g/mol. The van der Waals surface area contributed by atoms with Gasteiger partial charge in [0, 0.05) is 6.07 Å². The lowest BCUT2D eigenvalue weighted by molar-refractivity contribution is -0.182. The number of nitrogens with one attached hydrogen (secondary N) is 1. The van der Waals surface area contributed by atoms with E-state index in [0.29, 0.717) is 11.5 Å². The molecule has 0 radical (unpaired) electrons. The molecule has 0 saturated heterocycles. The summed E-state index contributed by atoms with van der Waals surface area (Å²) in [4.78, 5) is 14.4. The maximum absolute atomic E-state index is 12.3. The van der Waals surface area contributed by atoms with E-state index in [1.165, 1.54) is 23.6 Å². The second-order valence-electron chi connectivity index (χ2n) is 4.17. The summed E-state index contributed by atoms with van der Waals surface area (Å²) in [5.74, 6) is -0.204. The number of benzene rings is 1. The molecule has 8 nitrogen and oxygen atoms in total. The van der Waals surface area contributed by atoms with Crippen molar-refractivity contribution in [1.82, 2.24) is 0 Å². The van der Waals surface area contributed by atoms with Gasteiger partial charge in [-0.25, -0.2) is 13.2 Å². The molecule has 2 heterocycles. The molecule has 2 N–H and O–H groups in total. The number of carbonyl (C=O) groups excluding carboxylic acids is 1. The third kappa shape index (κ3) is 2.58. The van der Waals surface area contributed by atoms with Crippen molar-refractivity contribution >= 4 is 33.0 Å². The number of rotatable bonds is 4. The van der Waals surface area contributed by atoms with Crippen molar-refractivity contribution in [1.29, 1.82) is 0 Å². The minimum atomic E-state index is -4.02. The number of hydrogen-bond donors (Lipinski definition) is 2. The van der Waals surface area contributed by atoms with E-state index < -0.39 is 16.0 Å². The molecule has 0 unspecified atom stereocenters. The molecule has 0 atom stereocenters. The molecule has 0 aliphatic carbocycles. The lowest BCUT2D eigenvalue weighted by Crippen LogP contribution is -2.15. The highest BCUT2D eigenvalue weighted by atomic mass is 32.2. The molecule has 2 aromatic rings. The summed E-state index contributed by atoms with van der Waals surface area (Å²) in [6, 6.07) is 5.78. The van der Waals surface area contributed by atoms with Crippen LogP contribution in [0.25, 0.3) is 0 Å². The molecular formula is C12H9NO7S2. The van der Waals surface area contributed by atoms with E-state index in [2.05, 4.69) is 9.61 Å². The number of hydrogen-bond acceptors (Lipinski definition) is 8. The zero-order chi connectivity index (χ0) is 15.7. The van der Waals surface area contributed by atoms with E-state index in [1.54, 1.807) is 6.07 Å². The van der Waals surface area contributed by atoms with Crippen LogP contribution in [-0.2, 0) is 14.9 Å². The predicted molar refractivity (Wildman–Crippen MR) is 75.7 cm³/mol. The molecule has 0 bridgehead atoms. The van der Waals surface area contributed by atoms with Crippen molar-refractivity contribution in [2.45, 2.75) is 4.90 Å². The van der Waals surface area contributed by atoms with E-state index >= 15 is 0 Å². The Labute approximate surface area is 128 Å². The van der Waals surface area contributed by atoms with E-state index in [0.717, 1.165) is 11.3 Å². The second-order valence-corrected chi connectivity index (χ2v) is 6.73. The van der Waals surface area contributed by atoms with Gasteiger partial charge in [-0.15, -0.1) is 11.3 Å². The maximum Gasteiger partial charge on any atom is 0.384 e. The van der Waals surface area contributed by atoms with Gasteiger partial charge in [0.05, 0.1) is 5.69 Å². The van der Waals surface area contributed by atoms with Crippen molar-refractivity contribution < 1.29 is 32.8 Å². The molecule has 1 aromatic carbocycles. The monoisotopic (exact) mass is 343 g/mol. The number of sulfonamides is 1. The smallest absolute Gasteiger partial charge is 0.384 e. The molecule has 3 rings (SSSR count). The summed E-state index contributed by atoms with van der Waals surface area (Å²) < 4.78 is 37.3. The first-order valence-corrected chi connectivity index (χ1v) is 8.23. The normalized spacial score (nSPS) is 13.0. The Kier molecular flexibility index (Phi) is 3.64. The molecular weight excluding hydrogens is 334 g/mol. The van der Waals surface area contributed by atoms with E-state index in [-0.39, 0.29) is 22.3 Å². The highest BCUT2D eigenvalue weighted by Crippen LogP contribution is 2.35. The van der Waals surface area contributed by atoms with Gasteiger partial charge in [0.15, 0.2) is 11.5 Å². The van der Waals surface area contributed by atoms with E-state index in [4.69, 9.17) is 14.7 Å². The van der Waals surface area contributed by atoms with Crippen LogP contribution < -0.4 is 14.2 Å².